The molecule has 4 aromatic rings. The number of likely N-dealkylation sites (tertiary alicyclic amines) is 1. The minimum atomic E-state index is 0.0318. The lowest BCUT2D eigenvalue weighted by atomic mass is 9.57. The molecule has 4 N–H and O–H groups in total. The number of piperidine rings is 1. The van der Waals surface area contributed by atoms with E-state index in [0.717, 1.165) is 110 Å². The molecule has 49 heavy (non-hydrogen) atoms. The van der Waals surface area contributed by atoms with Crippen LogP contribution in [0.15, 0.2) is 54.2 Å². The second kappa shape index (κ2) is 14.9. The van der Waals surface area contributed by atoms with Crippen LogP contribution in [0.3, 0.4) is 0 Å². The maximum atomic E-state index is 13.3. The summed E-state index contributed by atoms with van der Waals surface area (Å²) in [6.07, 6.45) is 10.3. The van der Waals surface area contributed by atoms with Gasteiger partial charge in [-0.1, -0.05) is 54.2 Å². The highest BCUT2D eigenvalue weighted by Gasteiger charge is 2.48. The van der Waals surface area contributed by atoms with Gasteiger partial charge in [0.25, 0.3) is 0 Å². The number of hydrogen-bond acceptors (Lipinski definition) is 7. The molecule has 3 aliphatic rings. The minimum absolute atomic E-state index is 0.0318. The van der Waals surface area contributed by atoms with Crippen LogP contribution in [0, 0.1) is 11.3 Å². The van der Waals surface area contributed by atoms with Gasteiger partial charge in [-0.15, -0.1) is 11.3 Å². The number of nitrogens with two attached hydrogens (primary N) is 1. The Bertz CT molecular complexity index is 1820. The third-order valence-electron chi connectivity index (χ3n) is 10.7. The lowest BCUT2D eigenvalue weighted by molar-refractivity contribution is -0.135. The average molecular weight is 719 g/mol. The maximum absolute atomic E-state index is 13.3. The number of ether oxygens (including phenoxy) is 1. The fourth-order valence-electron chi connectivity index (χ4n) is 7.83. The lowest BCUT2D eigenvalue weighted by Gasteiger charge is -2.51. The summed E-state index contributed by atoms with van der Waals surface area (Å²) in [5.74, 6) is 0.204. The Hall–Kier alpha value is -3.35. The molecule has 0 unspecified atom stereocenters. The molecule has 12 heteroatoms. The molecule has 2 saturated heterocycles. The van der Waals surface area contributed by atoms with E-state index in [1.165, 1.54) is 0 Å². The van der Waals surface area contributed by atoms with Crippen LogP contribution >= 0.6 is 35.2 Å². The smallest absolute Gasteiger partial charge is 0.223 e. The van der Waals surface area contributed by atoms with Crippen LogP contribution in [-0.2, 0) is 27.4 Å². The van der Waals surface area contributed by atoms with Gasteiger partial charge in [-0.05, 0) is 74.2 Å². The minimum Gasteiger partial charge on any atom is -0.389 e. The Morgan fingerprint density at radius 1 is 1.10 bits per heavy atom. The van der Waals surface area contributed by atoms with Crippen LogP contribution < -0.4 is 16.4 Å². The van der Waals surface area contributed by atoms with Crippen LogP contribution in [0.1, 0.15) is 67.1 Å². The summed E-state index contributed by atoms with van der Waals surface area (Å²) in [5.41, 5.74) is 11.1. The zero-order chi connectivity index (χ0) is 34.0. The predicted molar refractivity (Wildman–Crippen MR) is 199 cm³/mol. The van der Waals surface area contributed by atoms with Crippen molar-refractivity contribution in [3.63, 3.8) is 0 Å². The van der Waals surface area contributed by atoms with E-state index in [-0.39, 0.29) is 29.2 Å². The third kappa shape index (κ3) is 7.56. The van der Waals surface area contributed by atoms with E-state index in [1.54, 1.807) is 17.5 Å². The number of amides is 2. The first-order valence-electron chi connectivity index (χ1n) is 17.2. The van der Waals surface area contributed by atoms with Crippen molar-refractivity contribution in [1.82, 2.24) is 25.1 Å². The number of benzene rings is 2. The van der Waals surface area contributed by atoms with Crippen molar-refractivity contribution in [2.45, 2.75) is 64.1 Å². The summed E-state index contributed by atoms with van der Waals surface area (Å²) >= 11 is 14.0. The lowest BCUT2D eigenvalue weighted by Crippen LogP contribution is -2.51. The Morgan fingerprint density at radius 3 is 2.63 bits per heavy atom. The van der Waals surface area contributed by atoms with Gasteiger partial charge >= 0.3 is 0 Å². The van der Waals surface area contributed by atoms with Crippen LogP contribution in [0.2, 0.25) is 5.02 Å². The fraction of sp³-hybridized carbons (Fsp3) is 0.459. The molecule has 0 radical (unpaired) electrons. The quantitative estimate of drug-likeness (QED) is 0.158. The summed E-state index contributed by atoms with van der Waals surface area (Å²) in [6.45, 7) is 5.04. The van der Waals surface area contributed by atoms with Gasteiger partial charge in [-0.3, -0.25) is 9.59 Å². The van der Waals surface area contributed by atoms with E-state index in [4.69, 9.17) is 34.3 Å². The van der Waals surface area contributed by atoms with Gasteiger partial charge in [-0.25, -0.2) is 4.98 Å². The molecule has 0 bridgehead atoms. The monoisotopic (exact) mass is 718 g/mol. The molecule has 1 saturated carbocycles. The normalized spacial score (nSPS) is 18.4. The van der Waals surface area contributed by atoms with Crippen molar-refractivity contribution in [2.24, 2.45) is 17.1 Å². The van der Waals surface area contributed by atoms with Crippen molar-refractivity contribution in [3.8, 4) is 11.1 Å². The molecule has 2 aromatic heterocycles. The highest BCUT2D eigenvalue weighted by atomic mass is 35.5. The zero-order valence-electron chi connectivity index (χ0n) is 27.6. The topological polar surface area (TPSA) is 115 Å². The van der Waals surface area contributed by atoms with Gasteiger partial charge in [0.1, 0.15) is 10.00 Å². The van der Waals surface area contributed by atoms with Crippen molar-refractivity contribution in [2.75, 3.05) is 32.8 Å². The molecule has 4 heterocycles. The van der Waals surface area contributed by atoms with Crippen LogP contribution in [0.25, 0.3) is 22.0 Å². The number of carbonyl (C=O) groups excluding carboxylic acids is 2. The van der Waals surface area contributed by atoms with Gasteiger partial charge in [-0.2, -0.15) is 0 Å². The Labute approximate surface area is 301 Å². The van der Waals surface area contributed by atoms with Gasteiger partial charge in [0, 0.05) is 79.0 Å². The molecule has 0 atom stereocenters. The number of aromatic nitrogens is 2. The standard InChI is InChI=1S/C37H43ClN6O3S2/c38-33-26(4-5-29-30(24-2-1-3-25(18-24)35(39)48)23-44(34(29)33)28-7-15-47-16-8-28)21-42-36(46)27-19-37(20-27)9-13-43(14-10-37)12-6-31(45)41-22-32-40-11-17-49-32/h1-5,11,17-18,23,27-28H,6-10,12-16,19-22H2,(H2,39,48)(H,41,45)(H,42,46). The number of carbonyl (C=O) groups is 2. The molecular formula is C37H43ClN6O3S2. The largest absolute Gasteiger partial charge is 0.389 e. The number of thiocarbonyl (C=S) groups is 1. The summed E-state index contributed by atoms with van der Waals surface area (Å²) in [5, 5.41) is 10.8. The maximum Gasteiger partial charge on any atom is 0.223 e. The van der Waals surface area contributed by atoms with Gasteiger partial charge in [0.2, 0.25) is 11.8 Å². The van der Waals surface area contributed by atoms with E-state index in [2.05, 4.69) is 43.4 Å². The van der Waals surface area contributed by atoms with Crippen molar-refractivity contribution in [1.29, 1.82) is 0 Å². The fourth-order valence-corrected chi connectivity index (χ4v) is 8.84. The Kier molecular flexibility index (Phi) is 10.3. The number of thiazole rings is 1. The zero-order valence-corrected chi connectivity index (χ0v) is 30.0. The van der Waals surface area contributed by atoms with E-state index in [9.17, 15) is 9.59 Å². The van der Waals surface area contributed by atoms with E-state index < -0.39 is 0 Å². The molecule has 2 amide bonds. The molecule has 7 rings (SSSR count). The highest BCUT2D eigenvalue weighted by molar-refractivity contribution is 7.80. The first-order valence-corrected chi connectivity index (χ1v) is 18.9. The number of rotatable bonds is 11. The number of hydrogen-bond donors (Lipinski definition) is 3. The van der Waals surface area contributed by atoms with E-state index in [0.29, 0.717) is 29.5 Å². The first-order chi connectivity index (χ1) is 23.8. The van der Waals surface area contributed by atoms with Crippen molar-refractivity contribution >= 4 is 62.9 Å². The predicted octanol–water partition coefficient (Wildman–Crippen LogP) is 6.22. The molecule has 3 fully saturated rings. The van der Waals surface area contributed by atoms with Crippen molar-refractivity contribution < 1.29 is 14.3 Å². The van der Waals surface area contributed by atoms with Crippen LogP contribution in [-0.4, -0.2) is 64.1 Å². The molecule has 2 aliphatic heterocycles. The van der Waals surface area contributed by atoms with Gasteiger partial charge in [0.15, 0.2) is 0 Å². The van der Waals surface area contributed by atoms with Crippen LogP contribution in [0.5, 0.6) is 0 Å². The molecule has 1 spiro atoms. The first kappa shape index (κ1) is 34.1. The SMILES string of the molecule is NC(=S)c1cccc(-c2cn(C3CCOCC3)c3c(Cl)c(CNC(=O)C4CC5(CCN(CCC(=O)NCc6nccs6)CC5)C4)ccc23)c1. The van der Waals surface area contributed by atoms with Crippen molar-refractivity contribution in [3.05, 3.63) is 75.3 Å². The second-order valence-corrected chi connectivity index (χ2v) is 15.6. The molecule has 2 aromatic carbocycles. The molecular weight excluding hydrogens is 676 g/mol. The summed E-state index contributed by atoms with van der Waals surface area (Å²) in [7, 11) is 0. The van der Waals surface area contributed by atoms with Gasteiger partial charge < -0.3 is 30.6 Å². The summed E-state index contributed by atoms with van der Waals surface area (Å²) in [4.78, 5) is 32.6. The number of nitrogens with zero attached hydrogens (tertiary/aromatic N) is 3. The third-order valence-corrected chi connectivity index (χ3v) is 12.2. The van der Waals surface area contributed by atoms with E-state index in [1.807, 2.05) is 29.6 Å². The van der Waals surface area contributed by atoms with Gasteiger partial charge in [0.05, 0.1) is 17.1 Å². The van der Waals surface area contributed by atoms with Crippen LogP contribution in [0.4, 0.5) is 0 Å². The Morgan fingerprint density at radius 2 is 1.90 bits per heavy atom. The number of nitrogens with one attached hydrogen (secondary N) is 2. The number of halogens is 1. The Balaban J connectivity index is 0.953. The second-order valence-electron chi connectivity index (χ2n) is 13.8. The summed E-state index contributed by atoms with van der Waals surface area (Å²) < 4.78 is 7.98. The van der Waals surface area contributed by atoms with E-state index >= 15 is 0 Å². The number of fused-ring (bicyclic) bond motifs is 1. The molecule has 258 valence electrons. The summed E-state index contributed by atoms with van der Waals surface area (Å²) in [6, 6.07) is 12.5. The average Bonchev–Trinajstić information content (AvgIpc) is 3.78. The molecule has 9 nitrogen and oxygen atoms in total. The molecule has 1 aliphatic carbocycles. The highest BCUT2D eigenvalue weighted by Crippen LogP contribution is 2.52.